The minimum Gasteiger partial charge on any atom is -0.306 e. The fourth-order valence-corrected chi connectivity index (χ4v) is 2.57. The van der Waals surface area contributed by atoms with E-state index in [2.05, 4.69) is 16.0 Å². The first-order valence-electron chi connectivity index (χ1n) is 7.01. The van der Waals surface area contributed by atoms with Crippen molar-refractivity contribution < 1.29 is 0 Å². The summed E-state index contributed by atoms with van der Waals surface area (Å²) in [6.07, 6.45) is 0.264. The summed E-state index contributed by atoms with van der Waals surface area (Å²) in [6.45, 7) is 0. The summed E-state index contributed by atoms with van der Waals surface area (Å²) in [5.41, 5.74) is 2.12. The third-order valence-corrected chi connectivity index (χ3v) is 3.83. The fraction of sp³-hybridized carbons (Fsp3) is 0.0556. The highest BCUT2D eigenvalue weighted by Gasteiger charge is 2.13. The Labute approximate surface area is 138 Å². The van der Waals surface area contributed by atoms with Crippen LogP contribution < -0.4 is 5.56 Å². The highest BCUT2D eigenvalue weighted by atomic mass is 35.5. The maximum atomic E-state index is 12.4. The van der Waals surface area contributed by atoms with E-state index in [4.69, 9.17) is 16.9 Å². The largest absolute Gasteiger partial charge is 0.306 e. The van der Waals surface area contributed by atoms with Crippen LogP contribution in [0, 0.1) is 11.3 Å². The molecule has 0 bridgehead atoms. The summed E-state index contributed by atoms with van der Waals surface area (Å²) in [6, 6.07) is 18.5. The van der Waals surface area contributed by atoms with Gasteiger partial charge in [0.2, 0.25) is 0 Å². The van der Waals surface area contributed by atoms with Crippen LogP contribution in [0.15, 0.2) is 59.4 Å². The van der Waals surface area contributed by atoms with E-state index in [-0.39, 0.29) is 17.1 Å². The van der Waals surface area contributed by atoms with E-state index in [9.17, 15) is 4.79 Å². The second-order valence-electron chi connectivity index (χ2n) is 5.00. The zero-order chi connectivity index (χ0) is 16.2. The normalized spacial score (nSPS) is 10.3. The average Bonchev–Trinajstić information content (AvgIpc) is 2.59. The quantitative estimate of drug-likeness (QED) is 0.750. The molecule has 0 saturated carbocycles. The van der Waals surface area contributed by atoms with Crippen LogP contribution in [-0.2, 0) is 6.42 Å². The van der Waals surface area contributed by atoms with E-state index in [1.165, 1.54) is 0 Å². The lowest BCUT2D eigenvalue weighted by Gasteiger charge is -2.07. The SMILES string of the molecule is N#Cc1ccccc1Cc1c(Cl)nc(-c2ccccc2)[nH]c1=O. The van der Waals surface area contributed by atoms with Crippen LogP contribution in [0.1, 0.15) is 16.7 Å². The summed E-state index contributed by atoms with van der Waals surface area (Å²) in [5.74, 6) is 0.429. The molecule has 0 aliphatic carbocycles. The first-order chi connectivity index (χ1) is 11.2. The van der Waals surface area contributed by atoms with E-state index in [0.717, 1.165) is 11.1 Å². The van der Waals surface area contributed by atoms with Crippen LogP contribution in [0.4, 0.5) is 0 Å². The molecule has 0 unspecified atom stereocenters. The molecule has 1 N–H and O–H groups in total. The van der Waals surface area contributed by atoms with Gasteiger partial charge >= 0.3 is 0 Å². The molecule has 3 aromatic rings. The van der Waals surface area contributed by atoms with Crippen molar-refractivity contribution >= 4 is 11.6 Å². The fourth-order valence-electron chi connectivity index (χ4n) is 2.33. The summed E-state index contributed by atoms with van der Waals surface area (Å²) in [5, 5.41) is 9.30. The Hall–Kier alpha value is -2.90. The second kappa shape index (κ2) is 6.47. The number of rotatable bonds is 3. The van der Waals surface area contributed by atoms with Gasteiger partial charge in [0.25, 0.3) is 5.56 Å². The van der Waals surface area contributed by atoms with Crippen LogP contribution in [0.3, 0.4) is 0 Å². The number of aromatic nitrogens is 2. The predicted octanol–water partition coefficient (Wildman–Crippen LogP) is 3.55. The molecule has 0 aliphatic rings. The Kier molecular flexibility index (Phi) is 4.22. The summed E-state index contributed by atoms with van der Waals surface area (Å²) in [7, 11) is 0. The minimum atomic E-state index is -0.295. The maximum Gasteiger partial charge on any atom is 0.256 e. The summed E-state index contributed by atoms with van der Waals surface area (Å²) >= 11 is 6.22. The first kappa shape index (κ1) is 15.0. The van der Waals surface area contributed by atoms with E-state index in [1.54, 1.807) is 18.2 Å². The number of benzene rings is 2. The van der Waals surface area contributed by atoms with Crippen molar-refractivity contribution in [3.8, 4) is 17.5 Å². The lowest BCUT2D eigenvalue weighted by molar-refractivity contribution is 1.03. The van der Waals surface area contributed by atoms with E-state index in [0.29, 0.717) is 17.0 Å². The molecule has 0 amide bonds. The highest BCUT2D eigenvalue weighted by Crippen LogP contribution is 2.20. The minimum absolute atomic E-state index is 0.153. The van der Waals surface area contributed by atoms with Gasteiger partial charge in [-0.2, -0.15) is 5.26 Å². The zero-order valence-electron chi connectivity index (χ0n) is 12.1. The number of nitrogens with zero attached hydrogens (tertiary/aromatic N) is 2. The number of nitriles is 1. The molecule has 23 heavy (non-hydrogen) atoms. The van der Waals surface area contributed by atoms with Crippen molar-refractivity contribution in [3.05, 3.63) is 86.8 Å². The van der Waals surface area contributed by atoms with Crippen LogP contribution in [-0.4, -0.2) is 9.97 Å². The molecule has 0 saturated heterocycles. The number of halogens is 1. The smallest absolute Gasteiger partial charge is 0.256 e. The number of hydrogen-bond acceptors (Lipinski definition) is 3. The predicted molar refractivity (Wildman–Crippen MR) is 89.3 cm³/mol. The summed E-state index contributed by atoms with van der Waals surface area (Å²) in [4.78, 5) is 19.4. The van der Waals surface area contributed by atoms with Crippen molar-refractivity contribution in [3.63, 3.8) is 0 Å². The van der Waals surface area contributed by atoms with Crippen molar-refractivity contribution in [1.29, 1.82) is 5.26 Å². The molecule has 5 heteroatoms. The first-order valence-corrected chi connectivity index (χ1v) is 7.39. The molecule has 1 heterocycles. The molecular weight excluding hydrogens is 310 g/mol. The van der Waals surface area contributed by atoms with E-state index in [1.807, 2.05) is 36.4 Å². The average molecular weight is 322 g/mol. The number of aromatic amines is 1. The maximum absolute atomic E-state index is 12.4. The molecule has 0 aliphatic heterocycles. The molecule has 4 nitrogen and oxygen atoms in total. The highest BCUT2D eigenvalue weighted by molar-refractivity contribution is 6.30. The van der Waals surface area contributed by atoms with Gasteiger partial charge < -0.3 is 4.98 Å². The Morgan fingerprint density at radius 1 is 1.09 bits per heavy atom. The van der Waals surface area contributed by atoms with Crippen molar-refractivity contribution in [2.24, 2.45) is 0 Å². The Balaban J connectivity index is 2.02. The topological polar surface area (TPSA) is 69.5 Å². The Bertz CT molecular complexity index is 942. The molecule has 0 atom stereocenters. The molecule has 0 radical (unpaired) electrons. The third-order valence-electron chi connectivity index (χ3n) is 3.52. The van der Waals surface area contributed by atoms with Crippen molar-refractivity contribution in [2.45, 2.75) is 6.42 Å². The Morgan fingerprint density at radius 2 is 1.78 bits per heavy atom. The molecular formula is C18H12ClN3O. The third kappa shape index (κ3) is 3.15. The van der Waals surface area contributed by atoms with Gasteiger partial charge in [-0.15, -0.1) is 0 Å². The number of hydrogen-bond donors (Lipinski definition) is 1. The van der Waals surface area contributed by atoms with Gasteiger partial charge in [0.05, 0.1) is 17.2 Å². The number of nitrogens with one attached hydrogen (secondary N) is 1. The molecule has 0 spiro atoms. The molecule has 112 valence electrons. The monoisotopic (exact) mass is 321 g/mol. The summed E-state index contributed by atoms with van der Waals surface area (Å²) < 4.78 is 0. The van der Waals surface area contributed by atoms with Gasteiger partial charge in [-0.05, 0) is 11.6 Å². The van der Waals surface area contributed by atoms with E-state index < -0.39 is 0 Å². The van der Waals surface area contributed by atoms with Crippen LogP contribution in [0.5, 0.6) is 0 Å². The van der Waals surface area contributed by atoms with Gasteiger partial charge in [-0.1, -0.05) is 60.1 Å². The van der Waals surface area contributed by atoms with Crippen LogP contribution in [0.2, 0.25) is 5.15 Å². The van der Waals surface area contributed by atoms with Crippen LogP contribution in [0.25, 0.3) is 11.4 Å². The Morgan fingerprint density at radius 3 is 2.48 bits per heavy atom. The second-order valence-corrected chi connectivity index (χ2v) is 5.35. The van der Waals surface area contributed by atoms with E-state index >= 15 is 0 Å². The van der Waals surface area contributed by atoms with Crippen molar-refractivity contribution in [2.75, 3.05) is 0 Å². The lowest BCUT2D eigenvalue weighted by atomic mass is 10.0. The van der Waals surface area contributed by atoms with Gasteiger partial charge in [0.1, 0.15) is 11.0 Å². The van der Waals surface area contributed by atoms with Gasteiger partial charge in [0.15, 0.2) is 0 Å². The molecule has 0 fully saturated rings. The molecule has 2 aromatic carbocycles. The molecule has 1 aromatic heterocycles. The standard InChI is InChI=1S/C18H12ClN3O/c19-16-15(10-13-8-4-5-9-14(13)11-20)18(23)22-17(21-16)12-6-2-1-3-7-12/h1-9H,10H2,(H,21,22,23). The van der Waals surface area contributed by atoms with Gasteiger partial charge in [-0.25, -0.2) is 4.98 Å². The van der Waals surface area contributed by atoms with Gasteiger partial charge in [0, 0.05) is 12.0 Å². The molecule has 3 rings (SSSR count). The van der Waals surface area contributed by atoms with Gasteiger partial charge in [-0.3, -0.25) is 4.79 Å². The zero-order valence-corrected chi connectivity index (χ0v) is 12.8. The van der Waals surface area contributed by atoms with Crippen LogP contribution >= 0.6 is 11.6 Å². The number of H-pyrrole nitrogens is 1. The lowest BCUT2D eigenvalue weighted by Crippen LogP contribution is -2.16. The van der Waals surface area contributed by atoms with Crippen molar-refractivity contribution in [1.82, 2.24) is 9.97 Å².